The molecule has 0 unspecified atom stereocenters. The molecule has 512 valence electrons. The van der Waals surface area contributed by atoms with E-state index in [0.29, 0.717) is 71.3 Å². The van der Waals surface area contributed by atoms with Gasteiger partial charge in [-0.05, 0) is 146 Å². The van der Waals surface area contributed by atoms with Gasteiger partial charge in [0.15, 0.2) is 16.8 Å². The topological polar surface area (TPSA) is 284 Å². The molecule has 102 heavy (non-hydrogen) atoms. The van der Waals surface area contributed by atoms with E-state index in [4.69, 9.17) is 26.3 Å². The Bertz CT molecular complexity index is 5430. The molecule has 0 saturated carbocycles. The number of fused-ring (bicyclic) bond motifs is 3. The second-order valence-corrected chi connectivity index (χ2v) is 24.9. The molecule has 0 aliphatic rings. The number of carbonyl (C=O) groups is 2. The van der Waals surface area contributed by atoms with Gasteiger partial charge in [-0.2, -0.15) is 4.98 Å². The Hall–Kier alpha value is -12.3. The van der Waals surface area contributed by atoms with E-state index in [9.17, 15) is 24.9 Å². The molecule has 6 heterocycles. The minimum absolute atomic E-state index is 0.130. The van der Waals surface area contributed by atoms with E-state index < -0.39 is 11.9 Å². The summed E-state index contributed by atoms with van der Waals surface area (Å²) in [5.41, 5.74) is 19.5. The number of aromatic carboxylic acids is 2. The number of unbranched alkanes of at least 4 members (excludes halogenated alkanes) is 1. The molecule has 0 amide bonds. The molecule has 0 fully saturated rings. The van der Waals surface area contributed by atoms with Crippen LogP contribution >= 0.6 is 11.6 Å². The van der Waals surface area contributed by atoms with Crippen molar-refractivity contribution in [2.45, 2.75) is 86.0 Å². The minimum Gasteiger partial charge on any atom is -0.478 e. The predicted octanol–water partition coefficient (Wildman–Crippen LogP) is 15.6. The van der Waals surface area contributed by atoms with Crippen molar-refractivity contribution in [1.29, 1.82) is 0 Å². The summed E-state index contributed by atoms with van der Waals surface area (Å²) in [5.74, 6) is 2.23. The molecule has 0 bridgehead atoms. The van der Waals surface area contributed by atoms with Crippen LogP contribution in [0.2, 0.25) is 5.15 Å². The molecule has 0 aliphatic carbocycles. The van der Waals surface area contributed by atoms with Gasteiger partial charge in [-0.3, -0.25) is 4.57 Å². The van der Waals surface area contributed by atoms with E-state index >= 15 is 0 Å². The van der Waals surface area contributed by atoms with E-state index in [2.05, 4.69) is 149 Å². The van der Waals surface area contributed by atoms with Crippen molar-refractivity contribution in [3.63, 3.8) is 0 Å². The highest BCUT2D eigenvalue weighted by molar-refractivity contribution is 6.30. The summed E-state index contributed by atoms with van der Waals surface area (Å²) in [6, 6.07) is 65.7. The van der Waals surface area contributed by atoms with Crippen molar-refractivity contribution in [2.24, 2.45) is 7.05 Å². The third-order valence-electron chi connectivity index (χ3n) is 17.9. The normalized spacial score (nSPS) is 11.2. The molecule has 0 saturated heterocycles. The lowest BCUT2D eigenvalue weighted by Crippen LogP contribution is -2.09. The Kier molecular flexibility index (Phi) is 20.7. The Morgan fingerprint density at radius 3 is 1.58 bits per heavy atom. The maximum atomic E-state index is 11.8. The van der Waals surface area contributed by atoms with Gasteiger partial charge in [-0.1, -0.05) is 190 Å². The summed E-state index contributed by atoms with van der Waals surface area (Å²) in [6.07, 6.45) is 4.84. The minimum atomic E-state index is -1.00. The third-order valence-corrected chi connectivity index (χ3v) is 18.2. The Balaban J connectivity index is 0.000000138. The molecular formula is C79H73ClN16O6. The molecule has 15 aromatic rings. The lowest BCUT2D eigenvalue weighted by atomic mass is 9.98. The fraction of sp³-hybridized carbons (Fsp3) is 0.190. The second kappa shape index (κ2) is 30.9. The number of para-hydroxylation sites is 3. The lowest BCUT2D eigenvalue weighted by molar-refractivity contribution is 0.0687. The van der Waals surface area contributed by atoms with Crippen LogP contribution in [-0.2, 0) is 46.1 Å². The number of hydrogen-bond acceptors (Lipinski definition) is 14. The molecule has 0 radical (unpaired) electrons. The number of aliphatic hydroxyl groups excluding tert-OH is 1. The highest BCUT2D eigenvalue weighted by Gasteiger charge is 2.23. The van der Waals surface area contributed by atoms with Gasteiger partial charge in [0.05, 0.1) is 69.7 Å². The summed E-state index contributed by atoms with van der Waals surface area (Å²) in [7, 11) is 2.06. The fourth-order valence-corrected chi connectivity index (χ4v) is 13.2. The van der Waals surface area contributed by atoms with Crippen LogP contribution in [0.1, 0.15) is 100 Å². The zero-order chi connectivity index (χ0) is 70.8. The zero-order valence-electron chi connectivity index (χ0n) is 56.8. The number of H-pyrrole nitrogens is 2. The van der Waals surface area contributed by atoms with Crippen LogP contribution < -0.4 is 4.74 Å². The number of aromatic amines is 2. The van der Waals surface area contributed by atoms with Crippen LogP contribution in [0.4, 0.5) is 0 Å². The number of imidazole rings is 4. The third kappa shape index (κ3) is 14.4. The Labute approximate surface area is 592 Å². The molecule has 9 aromatic carbocycles. The van der Waals surface area contributed by atoms with Crippen molar-refractivity contribution < 1.29 is 29.6 Å². The Morgan fingerprint density at radius 2 is 1.03 bits per heavy atom. The smallest absolute Gasteiger partial charge is 0.337 e. The molecular weight excluding hydrogens is 1300 g/mol. The van der Waals surface area contributed by atoms with Crippen LogP contribution in [0.15, 0.2) is 200 Å². The van der Waals surface area contributed by atoms with Gasteiger partial charge in [-0.15, -0.1) is 10.2 Å². The number of carboxylic acid groups (broad SMARTS) is 2. The van der Waals surface area contributed by atoms with Gasteiger partial charge in [0.2, 0.25) is 0 Å². The number of tetrazole rings is 2. The largest absolute Gasteiger partial charge is 0.478 e. The molecule has 23 heteroatoms. The number of ether oxygens (including phenoxy) is 1. The van der Waals surface area contributed by atoms with Crippen molar-refractivity contribution >= 4 is 56.6 Å². The summed E-state index contributed by atoms with van der Waals surface area (Å²) < 4.78 is 14.0. The highest BCUT2D eigenvalue weighted by atomic mass is 35.5. The van der Waals surface area contributed by atoms with Crippen LogP contribution in [0, 0.1) is 6.92 Å². The van der Waals surface area contributed by atoms with Gasteiger partial charge in [-0.25, -0.2) is 34.7 Å². The number of carboxylic acids is 2. The van der Waals surface area contributed by atoms with E-state index in [1.807, 2.05) is 125 Å². The molecule has 0 aliphatic heterocycles. The number of benzene rings is 9. The summed E-state index contributed by atoms with van der Waals surface area (Å²) in [5, 5.41) is 57.8. The fourth-order valence-electron chi connectivity index (χ4n) is 12.9. The number of nitrogens with one attached hydrogen (secondary N) is 2. The first-order valence-electron chi connectivity index (χ1n) is 33.7. The van der Waals surface area contributed by atoms with E-state index in [1.165, 1.54) is 0 Å². The monoisotopic (exact) mass is 1380 g/mol. The van der Waals surface area contributed by atoms with Crippen molar-refractivity contribution in [2.75, 3.05) is 6.61 Å². The molecule has 5 N–H and O–H groups in total. The highest BCUT2D eigenvalue weighted by Crippen LogP contribution is 2.36. The SMILES string of the molecule is CCCCc1nc(Cl)c(CO)n1Cc1ccc(-c2ccccc2-c2nnn[nH]2)cc1.CCCc1nc2c(C)cc(-c3nc4ccccc4n3C)cc2n1Cc1ccc(-c2ccccc2C(=O)O)cc1.CCOc1nc2cccc(C(=O)O)c2n1Cc1ccc(-c2ccccc2-c2nnn[nH]2)cc1. The standard InChI is InChI=1S/C33H30N4O2.C24H20N6O3.C22H23ClN6O/c1-4-9-30-35-31-21(2)18-24(32-34-27-12-7-8-13-28(27)36(32)3)19-29(31)37(30)20-22-14-16-23(17-15-22)25-10-5-6-11-26(25)33(38)39;1-2-33-24-25-20-9-5-8-19(23(31)32)21(20)30(24)14-15-10-12-16(13-11-15)17-6-3-4-7-18(17)22-26-28-29-27-22;1-2-3-8-20-24-21(23)19(14-30)29(20)13-15-9-11-16(12-10-15)17-6-4-5-7-18(17)22-25-27-28-26-22/h5-8,10-19H,4,9,20H2,1-3H3,(H,38,39);3-13H,2,14H2,1H3,(H,31,32)(H,26,27,28,29);4-7,9-12,30H,2-3,8,13-14H2,1H3,(H,25,26,27,28). The van der Waals surface area contributed by atoms with Crippen molar-refractivity contribution in [1.82, 2.24) is 79.5 Å². The van der Waals surface area contributed by atoms with Crippen LogP contribution in [-0.4, -0.2) is 113 Å². The van der Waals surface area contributed by atoms with Gasteiger partial charge in [0, 0.05) is 49.7 Å². The summed E-state index contributed by atoms with van der Waals surface area (Å²) in [4.78, 5) is 42.5. The van der Waals surface area contributed by atoms with E-state index in [-0.39, 0.29) is 12.2 Å². The average Bonchev–Trinajstić information content (AvgIpc) is 1.61. The molecule has 0 atom stereocenters. The van der Waals surface area contributed by atoms with Gasteiger partial charge in [0.25, 0.3) is 6.01 Å². The number of aryl methyl sites for hydroxylation is 4. The van der Waals surface area contributed by atoms with Crippen LogP contribution in [0.5, 0.6) is 6.01 Å². The van der Waals surface area contributed by atoms with Gasteiger partial charge >= 0.3 is 11.9 Å². The second-order valence-electron chi connectivity index (χ2n) is 24.5. The van der Waals surface area contributed by atoms with Crippen LogP contribution in [0.25, 0.3) is 101 Å². The predicted molar refractivity (Wildman–Crippen MR) is 394 cm³/mol. The number of rotatable bonds is 22. The Morgan fingerprint density at radius 1 is 0.510 bits per heavy atom. The number of aromatic nitrogens is 16. The summed E-state index contributed by atoms with van der Waals surface area (Å²) >= 11 is 6.26. The molecule has 15 rings (SSSR count). The number of aliphatic hydroxyl groups is 1. The summed E-state index contributed by atoms with van der Waals surface area (Å²) in [6.45, 7) is 10.3. The van der Waals surface area contributed by atoms with E-state index in [0.717, 1.165) is 144 Å². The number of hydrogen-bond donors (Lipinski definition) is 5. The van der Waals surface area contributed by atoms with Crippen LogP contribution in [0.3, 0.4) is 0 Å². The first-order chi connectivity index (χ1) is 49.8. The number of halogens is 1. The molecule has 0 spiro atoms. The van der Waals surface area contributed by atoms with Crippen molar-refractivity contribution in [3.05, 3.63) is 256 Å². The first kappa shape index (κ1) is 68.3. The van der Waals surface area contributed by atoms with Crippen molar-refractivity contribution in [3.8, 4) is 73.6 Å². The molecule has 6 aromatic heterocycles. The quantitative estimate of drug-likeness (QED) is 0.0421. The average molecular weight is 1380 g/mol. The number of nitrogens with zero attached hydrogens (tertiary/aromatic N) is 14. The van der Waals surface area contributed by atoms with E-state index in [1.54, 1.807) is 30.3 Å². The van der Waals surface area contributed by atoms with Gasteiger partial charge in [0.1, 0.15) is 17.5 Å². The zero-order valence-corrected chi connectivity index (χ0v) is 57.6. The lowest BCUT2D eigenvalue weighted by Gasteiger charge is -2.12. The van der Waals surface area contributed by atoms with Gasteiger partial charge < -0.3 is 33.8 Å². The molecule has 22 nitrogen and oxygen atoms in total. The maximum Gasteiger partial charge on any atom is 0.337 e. The maximum absolute atomic E-state index is 11.8. The first-order valence-corrected chi connectivity index (χ1v) is 34.1.